The molecule has 0 saturated carbocycles. The van der Waals surface area contributed by atoms with Gasteiger partial charge in [-0.2, -0.15) is 0 Å². The first-order chi connectivity index (χ1) is 10.7. The van der Waals surface area contributed by atoms with Crippen LogP contribution in [0.25, 0.3) is 0 Å². The molecule has 23 heavy (non-hydrogen) atoms. The molecule has 5 nitrogen and oxygen atoms in total. The van der Waals surface area contributed by atoms with Crippen molar-refractivity contribution in [2.75, 3.05) is 13.2 Å². The Morgan fingerprint density at radius 2 is 1.26 bits per heavy atom. The van der Waals surface area contributed by atoms with Gasteiger partial charge in [-0.3, -0.25) is 4.79 Å². The average molecular weight is 324 g/mol. The van der Waals surface area contributed by atoms with Crippen LogP contribution in [0.3, 0.4) is 0 Å². The van der Waals surface area contributed by atoms with Crippen LogP contribution in [0.4, 0.5) is 4.79 Å². The van der Waals surface area contributed by atoms with Gasteiger partial charge >= 0.3 is 6.16 Å². The molecule has 0 bridgehead atoms. The molecule has 0 spiro atoms. The van der Waals surface area contributed by atoms with E-state index in [2.05, 4.69) is 9.47 Å². The smallest absolute Gasteiger partial charge is 0.507 e. The van der Waals surface area contributed by atoms with E-state index in [9.17, 15) is 14.7 Å². The van der Waals surface area contributed by atoms with Crippen LogP contribution in [0.5, 0.6) is 5.75 Å². The summed E-state index contributed by atoms with van der Waals surface area (Å²) in [6.07, 6.45) is -0.161. The van der Waals surface area contributed by atoms with Gasteiger partial charge in [0.05, 0.1) is 18.8 Å². The maximum absolute atomic E-state index is 11.7. The number of Topliss-reactive ketones (excluding diaryl/α,β-unsaturated/α-hetero) is 1. The zero-order chi connectivity index (χ0) is 18.2. The van der Waals surface area contributed by atoms with Gasteiger partial charge in [-0.15, -0.1) is 0 Å². The van der Waals surface area contributed by atoms with Gasteiger partial charge in [0.1, 0.15) is 5.75 Å². The van der Waals surface area contributed by atoms with Crippen molar-refractivity contribution in [3.8, 4) is 5.75 Å². The Labute approximate surface area is 138 Å². The number of rotatable bonds is 4. The largest absolute Gasteiger partial charge is 0.508 e. The van der Waals surface area contributed by atoms with E-state index in [4.69, 9.17) is 0 Å². The fraction of sp³-hybridized carbons (Fsp3) is 0.556. The number of aromatic hydroxyl groups is 1. The fourth-order valence-electron chi connectivity index (χ4n) is 2.09. The van der Waals surface area contributed by atoms with E-state index in [0.717, 1.165) is 22.3 Å². The van der Waals surface area contributed by atoms with Gasteiger partial charge in [-0.1, -0.05) is 6.92 Å². The predicted octanol–water partition coefficient (Wildman–Crippen LogP) is 4.40. The predicted molar refractivity (Wildman–Crippen MR) is 90.3 cm³/mol. The molecule has 0 amide bonds. The quantitative estimate of drug-likeness (QED) is 0.656. The molecular formula is C18H28O5. The highest BCUT2D eigenvalue weighted by atomic mass is 16.7. The number of ether oxygens (including phenoxy) is 2. The van der Waals surface area contributed by atoms with Crippen LogP contribution in [0.2, 0.25) is 0 Å². The normalized spacial score (nSPS) is 9.70. The lowest BCUT2D eigenvalue weighted by Gasteiger charge is -2.15. The van der Waals surface area contributed by atoms with Crippen molar-refractivity contribution in [1.29, 1.82) is 0 Å². The number of carbonyl (C=O) groups excluding carboxylic acids is 2. The maximum atomic E-state index is 11.7. The summed E-state index contributed by atoms with van der Waals surface area (Å²) < 4.78 is 8.84. The number of carbonyl (C=O) groups is 2. The third kappa shape index (κ3) is 5.58. The lowest BCUT2D eigenvalue weighted by atomic mass is 9.91. The molecule has 0 radical (unpaired) electrons. The second-order valence-electron chi connectivity index (χ2n) is 5.12. The van der Waals surface area contributed by atoms with Gasteiger partial charge in [0, 0.05) is 6.42 Å². The Bertz CT molecular complexity index is 524. The minimum absolute atomic E-state index is 0.0104. The van der Waals surface area contributed by atoms with Crippen LogP contribution in [0.15, 0.2) is 0 Å². The van der Waals surface area contributed by atoms with Crippen molar-refractivity contribution in [2.45, 2.75) is 54.9 Å². The van der Waals surface area contributed by atoms with E-state index in [-0.39, 0.29) is 11.5 Å². The summed E-state index contributed by atoms with van der Waals surface area (Å²) in [7, 11) is 0. The molecule has 0 aliphatic carbocycles. The molecule has 0 aliphatic heterocycles. The number of phenolic OH excluding ortho intramolecular Hbond substituents is 1. The topological polar surface area (TPSA) is 72.8 Å². The van der Waals surface area contributed by atoms with Crippen molar-refractivity contribution in [3.63, 3.8) is 0 Å². The van der Waals surface area contributed by atoms with Gasteiger partial charge in [0.15, 0.2) is 5.78 Å². The molecule has 0 aromatic heterocycles. The maximum Gasteiger partial charge on any atom is 0.508 e. The van der Waals surface area contributed by atoms with Crippen LogP contribution in [0, 0.1) is 27.7 Å². The van der Waals surface area contributed by atoms with Crippen molar-refractivity contribution >= 4 is 11.9 Å². The molecule has 5 heteroatoms. The van der Waals surface area contributed by atoms with E-state index >= 15 is 0 Å². The molecule has 1 aromatic rings. The summed E-state index contributed by atoms with van der Waals surface area (Å²) in [6, 6.07) is 0. The van der Waals surface area contributed by atoms with E-state index in [0.29, 0.717) is 25.2 Å². The molecule has 1 aromatic carbocycles. The lowest BCUT2D eigenvalue weighted by molar-refractivity contribution is 0.0630. The third-order valence-corrected chi connectivity index (χ3v) is 3.78. The fourth-order valence-corrected chi connectivity index (χ4v) is 2.09. The summed E-state index contributed by atoms with van der Waals surface area (Å²) in [5, 5.41) is 9.96. The van der Waals surface area contributed by atoms with Gasteiger partial charge in [0.2, 0.25) is 0 Å². The molecule has 0 fully saturated rings. The molecular weight excluding hydrogens is 296 g/mol. The second kappa shape index (κ2) is 9.87. The van der Waals surface area contributed by atoms with Crippen LogP contribution >= 0.6 is 0 Å². The Morgan fingerprint density at radius 3 is 1.65 bits per heavy atom. The monoisotopic (exact) mass is 324 g/mol. The van der Waals surface area contributed by atoms with Crippen LogP contribution in [-0.2, 0) is 9.47 Å². The summed E-state index contributed by atoms with van der Waals surface area (Å²) >= 11 is 0. The molecule has 0 saturated heterocycles. The van der Waals surface area contributed by atoms with Crippen molar-refractivity contribution in [3.05, 3.63) is 27.8 Å². The van der Waals surface area contributed by atoms with Gasteiger partial charge in [0.25, 0.3) is 0 Å². The molecule has 0 aliphatic rings. The highest BCUT2D eigenvalue weighted by molar-refractivity contribution is 6.00. The van der Waals surface area contributed by atoms with Crippen molar-refractivity contribution in [2.24, 2.45) is 0 Å². The van der Waals surface area contributed by atoms with Gasteiger partial charge < -0.3 is 14.6 Å². The summed E-state index contributed by atoms with van der Waals surface area (Å²) in [6.45, 7) is 13.7. The summed E-state index contributed by atoms with van der Waals surface area (Å²) in [4.78, 5) is 21.9. The van der Waals surface area contributed by atoms with E-state index in [1.54, 1.807) is 13.8 Å². The number of benzene rings is 1. The molecule has 130 valence electrons. The zero-order valence-corrected chi connectivity index (χ0v) is 15.2. The van der Waals surface area contributed by atoms with Crippen molar-refractivity contribution in [1.82, 2.24) is 0 Å². The number of hydrogen-bond acceptors (Lipinski definition) is 5. The first kappa shape index (κ1) is 21.0. The molecule has 0 atom stereocenters. The Balaban J connectivity index is 0.000000515. The standard InChI is InChI=1S/C13H18O2.C5H10O3/c1-6-11(14)12-9(4)7(2)8(3)10(5)13(12)15;1-3-7-5(6)8-4-2/h15H,6H2,1-5H3;3-4H2,1-2H3. The summed E-state index contributed by atoms with van der Waals surface area (Å²) in [5.74, 6) is 0.165. The minimum atomic E-state index is -0.588. The molecule has 1 rings (SSSR count). The average Bonchev–Trinajstić information content (AvgIpc) is 2.52. The number of phenols is 1. The molecule has 1 N–H and O–H groups in total. The second-order valence-corrected chi connectivity index (χ2v) is 5.12. The number of hydrogen-bond donors (Lipinski definition) is 1. The summed E-state index contributed by atoms with van der Waals surface area (Å²) in [5.41, 5.74) is 4.38. The van der Waals surface area contributed by atoms with Crippen molar-refractivity contribution < 1.29 is 24.2 Å². The van der Waals surface area contributed by atoms with Crippen LogP contribution in [0.1, 0.15) is 59.8 Å². The Hall–Kier alpha value is -2.04. The van der Waals surface area contributed by atoms with E-state index in [1.807, 2.05) is 34.6 Å². The highest BCUT2D eigenvalue weighted by Crippen LogP contribution is 2.32. The van der Waals surface area contributed by atoms with Gasteiger partial charge in [-0.05, 0) is 63.8 Å². The highest BCUT2D eigenvalue weighted by Gasteiger charge is 2.18. The Kier molecular flexibility index (Phi) is 9.00. The molecule has 0 unspecified atom stereocenters. The van der Waals surface area contributed by atoms with E-state index < -0.39 is 6.16 Å². The van der Waals surface area contributed by atoms with E-state index in [1.165, 1.54) is 0 Å². The lowest BCUT2D eigenvalue weighted by Crippen LogP contribution is -2.05. The first-order valence-corrected chi connectivity index (χ1v) is 7.84. The molecule has 0 heterocycles. The number of ketones is 1. The third-order valence-electron chi connectivity index (χ3n) is 3.78. The SMILES string of the molecule is CCC(=O)c1c(C)c(C)c(C)c(C)c1O.CCOC(=O)OCC. The first-order valence-electron chi connectivity index (χ1n) is 7.84. The zero-order valence-electron chi connectivity index (χ0n) is 15.2. The minimum Gasteiger partial charge on any atom is -0.507 e. The van der Waals surface area contributed by atoms with Gasteiger partial charge in [-0.25, -0.2) is 4.79 Å². The van der Waals surface area contributed by atoms with Crippen LogP contribution in [-0.4, -0.2) is 30.3 Å². The Morgan fingerprint density at radius 1 is 0.826 bits per heavy atom. The van der Waals surface area contributed by atoms with Crippen LogP contribution < -0.4 is 0 Å².